The summed E-state index contributed by atoms with van der Waals surface area (Å²) in [5, 5.41) is 9.27. The molecule has 0 aliphatic carbocycles. The zero-order valence-corrected chi connectivity index (χ0v) is 25.9. The summed E-state index contributed by atoms with van der Waals surface area (Å²) >= 11 is 0. The van der Waals surface area contributed by atoms with Gasteiger partial charge in [0.2, 0.25) is 5.91 Å². The number of aromatic nitrogens is 2. The van der Waals surface area contributed by atoms with E-state index in [-0.39, 0.29) is 29.2 Å². The van der Waals surface area contributed by atoms with Gasteiger partial charge in [0.05, 0.1) is 46.7 Å². The van der Waals surface area contributed by atoms with Gasteiger partial charge < -0.3 is 9.80 Å². The molecule has 0 radical (unpaired) electrons. The summed E-state index contributed by atoms with van der Waals surface area (Å²) in [6.07, 6.45) is -4.39. The van der Waals surface area contributed by atoms with Gasteiger partial charge in [-0.3, -0.25) is 14.2 Å². The summed E-state index contributed by atoms with van der Waals surface area (Å²) in [6, 6.07) is 9.43. The zero-order chi connectivity index (χ0) is 33.1. The molecule has 0 fully saturated rings. The number of fused-ring (bicyclic) bond motifs is 1. The summed E-state index contributed by atoms with van der Waals surface area (Å²) in [4.78, 5) is 35.8. The van der Waals surface area contributed by atoms with Crippen molar-refractivity contribution in [3.05, 3.63) is 86.7 Å². The normalized spacial score (nSPS) is 14.0. The van der Waals surface area contributed by atoms with Gasteiger partial charge in [0.1, 0.15) is 17.5 Å². The number of hydrogen-bond acceptors (Lipinski definition) is 7. The SMILES string of the molecule is CCN1CCCc2c1nc([C@@H](C)N(CCS(=O)(=O)CC)C(=O)Cc1ccc(F)c(C(F)(F)F)c1)n(-c1ccc(C#N)cc1)c2=O. The van der Waals surface area contributed by atoms with E-state index in [0.717, 1.165) is 12.5 Å². The highest BCUT2D eigenvalue weighted by Gasteiger charge is 2.35. The number of carbonyl (C=O) groups is 1. The van der Waals surface area contributed by atoms with Crippen LogP contribution in [0.25, 0.3) is 5.69 Å². The van der Waals surface area contributed by atoms with Gasteiger partial charge in [-0.05, 0) is 68.7 Å². The maximum atomic E-state index is 14.1. The molecule has 1 amide bonds. The number of amides is 1. The van der Waals surface area contributed by atoms with Crippen molar-refractivity contribution in [1.29, 1.82) is 5.26 Å². The van der Waals surface area contributed by atoms with Crippen molar-refractivity contribution in [3.8, 4) is 11.8 Å². The monoisotopic (exact) mass is 647 g/mol. The molecule has 1 aliphatic rings. The molecule has 14 heteroatoms. The molecule has 0 bridgehead atoms. The Labute approximate surface area is 258 Å². The van der Waals surface area contributed by atoms with Gasteiger partial charge in [0.15, 0.2) is 9.84 Å². The summed E-state index contributed by atoms with van der Waals surface area (Å²) in [5.41, 5.74) is -0.835. The smallest absolute Gasteiger partial charge is 0.356 e. The minimum absolute atomic E-state index is 0.112. The number of carbonyl (C=O) groups excluding carboxylic acids is 1. The third-order valence-corrected chi connectivity index (χ3v) is 9.59. The Morgan fingerprint density at radius 1 is 1.16 bits per heavy atom. The Bertz CT molecular complexity index is 1780. The number of halogens is 4. The topological polar surface area (TPSA) is 116 Å². The predicted molar refractivity (Wildman–Crippen MR) is 160 cm³/mol. The number of nitrogens with zero attached hydrogens (tertiary/aromatic N) is 5. The standard InChI is InChI=1S/C31H33F4N5O4S/c1-4-38-14-6-7-24-29(38)37-28(40(30(24)42)23-11-8-21(19-36)9-12-23)20(3)39(15-16-45(43,44)5-2)27(41)18-22-10-13-26(32)25(17-22)31(33,34)35/h8-13,17,20H,4-7,14-16,18H2,1-3H3/t20-/m1/s1. The highest BCUT2D eigenvalue weighted by molar-refractivity contribution is 7.91. The fourth-order valence-electron chi connectivity index (χ4n) is 5.35. The van der Waals surface area contributed by atoms with Gasteiger partial charge in [-0.25, -0.2) is 17.8 Å². The lowest BCUT2D eigenvalue weighted by Crippen LogP contribution is -2.43. The summed E-state index contributed by atoms with van der Waals surface area (Å²) in [7, 11) is -3.59. The molecule has 0 spiro atoms. The fourth-order valence-corrected chi connectivity index (χ4v) is 6.11. The van der Waals surface area contributed by atoms with Crippen molar-refractivity contribution < 1.29 is 30.8 Å². The third kappa shape index (κ3) is 7.36. The van der Waals surface area contributed by atoms with Crippen LogP contribution in [-0.2, 0) is 33.6 Å². The summed E-state index contributed by atoms with van der Waals surface area (Å²) in [6.45, 7) is 5.80. The second-order valence-corrected chi connectivity index (χ2v) is 13.2. The predicted octanol–water partition coefficient (Wildman–Crippen LogP) is 4.60. The number of alkyl halides is 3. The van der Waals surface area contributed by atoms with Crippen molar-refractivity contribution in [2.45, 2.75) is 52.3 Å². The van der Waals surface area contributed by atoms with Gasteiger partial charge in [-0.2, -0.15) is 18.4 Å². The molecule has 0 saturated heterocycles. The summed E-state index contributed by atoms with van der Waals surface area (Å²) < 4.78 is 80.5. The second-order valence-electron chi connectivity index (χ2n) is 10.7. The summed E-state index contributed by atoms with van der Waals surface area (Å²) in [5.74, 6) is -2.30. The Hall–Kier alpha value is -4.25. The first-order valence-corrected chi connectivity index (χ1v) is 16.3. The maximum absolute atomic E-state index is 14.1. The lowest BCUT2D eigenvalue weighted by atomic mass is 10.0. The molecule has 1 aliphatic heterocycles. The van der Waals surface area contributed by atoms with Crippen molar-refractivity contribution in [1.82, 2.24) is 14.5 Å². The van der Waals surface area contributed by atoms with Crippen LogP contribution in [0, 0.1) is 17.1 Å². The Kier molecular flexibility index (Phi) is 10.0. The van der Waals surface area contributed by atoms with E-state index in [2.05, 4.69) is 0 Å². The highest BCUT2D eigenvalue weighted by atomic mass is 32.2. The van der Waals surface area contributed by atoms with E-state index >= 15 is 0 Å². The van der Waals surface area contributed by atoms with Crippen LogP contribution in [-0.4, -0.2) is 59.9 Å². The van der Waals surface area contributed by atoms with E-state index in [1.165, 1.54) is 28.5 Å². The molecule has 0 N–H and O–H groups in total. The van der Waals surface area contributed by atoms with E-state index in [1.54, 1.807) is 19.1 Å². The number of rotatable bonds is 10. The average Bonchev–Trinajstić information content (AvgIpc) is 3.01. The second kappa shape index (κ2) is 13.4. The fraction of sp³-hybridized carbons (Fsp3) is 0.419. The van der Waals surface area contributed by atoms with Crippen molar-refractivity contribution in [2.75, 3.05) is 36.0 Å². The average molecular weight is 648 g/mol. The lowest BCUT2D eigenvalue weighted by Gasteiger charge is -2.34. The van der Waals surface area contributed by atoms with Crippen LogP contribution in [0.1, 0.15) is 61.3 Å². The number of anilines is 1. The van der Waals surface area contributed by atoms with Crippen LogP contribution in [0.3, 0.4) is 0 Å². The zero-order valence-electron chi connectivity index (χ0n) is 25.1. The minimum Gasteiger partial charge on any atom is -0.356 e. The molecule has 0 saturated carbocycles. The number of benzene rings is 2. The molecule has 9 nitrogen and oxygen atoms in total. The molecule has 1 aromatic heterocycles. The molecule has 240 valence electrons. The molecule has 45 heavy (non-hydrogen) atoms. The van der Waals surface area contributed by atoms with E-state index in [4.69, 9.17) is 4.98 Å². The van der Waals surface area contributed by atoms with Crippen LogP contribution < -0.4 is 10.5 Å². The number of nitriles is 1. The van der Waals surface area contributed by atoms with E-state index in [9.17, 15) is 40.8 Å². The molecule has 4 rings (SSSR count). The van der Waals surface area contributed by atoms with E-state index in [1.807, 2.05) is 17.9 Å². The van der Waals surface area contributed by atoms with Crippen molar-refractivity contribution >= 4 is 21.6 Å². The Morgan fingerprint density at radius 3 is 2.44 bits per heavy atom. The molecule has 3 aromatic rings. The largest absolute Gasteiger partial charge is 0.419 e. The molecule has 2 aromatic carbocycles. The van der Waals surface area contributed by atoms with E-state index in [0.29, 0.717) is 54.3 Å². The number of hydrogen-bond donors (Lipinski definition) is 0. The van der Waals surface area contributed by atoms with Gasteiger partial charge in [0, 0.05) is 25.4 Å². The van der Waals surface area contributed by atoms with Crippen LogP contribution in [0.2, 0.25) is 0 Å². The highest BCUT2D eigenvalue weighted by Crippen LogP contribution is 2.33. The third-order valence-electron chi connectivity index (χ3n) is 7.91. The van der Waals surface area contributed by atoms with Gasteiger partial charge >= 0.3 is 6.18 Å². The Balaban J connectivity index is 1.86. The maximum Gasteiger partial charge on any atom is 0.419 e. The van der Waals surface area contributed by atoms with Gasteiger partial charge in [0.25, 0.3) is 5.56 Å². The molecule has 0 unspecified atom stereocenters. The lowest BCUT2D eigenvalue weighted by molar-refractivity contribution is -0.140. The van der Waals surface area contributed by atoms with Crippen LogP contribution >= 0.6 is 0 Å². The first kappa shape index (κ1) is 33.6. The molecule has 2 heterocycles. The minimum atomic E-state index is -4.99. The quantitative estimate of drug-likeness (QED) is 0.296. The molecular weight excluding hydrogens is 614 g/mol. The Morgan fingerprint density at radius 2 is 1.84 bits per heavy atom. The van der Waals surface area contributed by atoms with Crippen LogP contribution in [0.4, 0.5) is 23.4 Å². The van der Waals surface area contributed by atoms with Crippen LogP contribution in [0.5, 0.6) is 0 Å². The van der Waals surface area contributed by atoms with Crippen molar-refractivity contribution in [2.24, 2.45) is 0 Å². The molecule has 1 atom stereocenters. The van der Waals surface area contributed by atoms with Gasteiger partial charge in [-0.1, -0.05) is 13.0 Å². The van der Waals surface area contributed by atoms with E-state index < -0.39 is 51.5 Å². The van der Waals surface area contributed by atoms with Crippen LogP contribution in [0.15, 0.2) is 47.3 Å². The van der Waals surface area contributed by atoms with Gasteiger partial charge in [-0.15, -0.1) is 0 Å². The number of sulfone groups is 1. The molecular formula is C31H33F4N5O4S. The first-order chi connectivity index (χ1) is 21.2. The van der Waals surface area contributed by atoms with Crippen molar-refractivity contribution in [3.63, 3.8) is 0 Å². The first-order valence-electron chi connectivity index (χ1n) is 14.5.